The number of thiocarbonyl (C=S) groups is 2. The number of hydrogen-bond acceptors (Lipinski definition) is 6. The third-order valence-electron chi connectivity index (χ3n) is 1.15. The normalized spacial score (nSPS) is 20.0. The number of carbonyl (C=O) groups is 2. The second-order valence-corrected chi connectivity index (χ2v) is 5.55. The summed E-state index contributed by atoms with van der Waals surface area (Å²) in [6.45, 7) is 0. The molecule has 0 atom stereocenters. The Labute approximate surface area is 99.9 Å². The van der Waals surface area contributed by atoms with Gasteiger partial charge in [-0.2, -0.15) is 0 Å². The molecular weight excluding hydrogens is 260 g/mol. The summed E-state index contributed by atoms with van der Waals surface area (Å²) in [6, 6.07) is 0. The van der Waals surface area contributed by atoms with Gasteiger partial charge in [0.25, 0.3) is 0 Å². The summed E-state index contributed by atoms with van der Waals surface area (Å²) in [7, 11) is 0. The Kier molecular flexibility index (Phi) is 4.79. The van der Waals surface area contributed by atoms with E-state index in [1.165, 1.54) is 23.5 Å². The molecule has 0 radical (unpaired) electrons. The number of amides is 2. The van der Waals surface area contributed by atoms with Crippen LogP contribution in [0.4, 0.5) is 0 Å². The van der Waals surface area contributed by atoms with E-state index in [2.05, 4.69) is 35.1 Å². The maximum Gasteiger partial charge on any atom is 0.235 e. The van der Waals surface area contributed by atoms with Crippen LogP contribution >= 0.6 is 48.0 Å². The minimum atomic E-state index is 0.0231. The summed E-state index contributed by atoms with van der Waals surface area (Å²) >= 11 is 12.0. The molecule has 2 aliphatic rings. The highest BCUT2D eigenvalue weighted by Gasteiger charge is 2.13. The molecule has 0 aromatic carbocycles. The number of nitrogens with one attached hydrogen (secondary N) is 2. The molecule has 14 heavy (non-hydrogen) atoms. The first-order chi connectivity index (χ1) is 6.58. The lowest BCUT2D eigenvalue weighted by Crippen LogP contribution is -2.18. The van der Waals surface area contributed by atoms with Gasteiger partial charge in [-0.05, 0) is 0 Å². The summed E-state index contributed by atoms with van der Waals surface area (Å²) in [5, 5.41) is 4.94. The van der Waals surface area contributed by atoms with Crippen molar-refractivity contribution in [2.75, 3.05) is 11.5 Å². The zero-order valence-corrected chi connectivity index (χ0v) is 10.1. The highest BCUT2D eigenvalue weighted by Crippen LogP contribution is 2.07. The Morgan fingerprint density at radius 3 is 1.36 bits per heavy atom. The van der Waals surface area contributed by atoms with Crippen molar-refractivity contribution in [1.82, 2.24) is 10.6 Å². The van der Waals surface area contributed by atoms with Crippen molar-refractivity contribution >= 4 is 68.4 Å². The molecule has 2 amide bonds. The van der Waals surface area contributed by atoms with Crippen LogP contribution < -0.4 is 10.6 Å². The Hall–Kier alpha value is -0.180. The van der Waals surface area contributed by atoms with Gasteiger partial charge in [0.15, 0.2) is 0 Å². The largest absolute Gasteiger partial charge is 0.311 e. The van der Waals surface area contributed by atoms with E-state index in [4.69, 9.17) is 0 Å². The molecule has 0 spiro atoms. The van der Waals surface area contributed by atoms with Crippen molar-refractivity contribution < 1.29 is 9.59 Å². The lowest BCUT2D eigenvalue weighted by Gasteiger charge is -1.81. The Morgan fingerprint density at radius 1 is 0.929 bits per heavy atom. The van der Waals surface area contributed by atoms with Gasteiger partial charge < -0.3 is 10.6 Å². The van der Waals surface area contributed by atoms with Crippen LogP contribution in [0.15, 0.2) is 0 Å². The summed E-state index contributed by atoms with van der Waals surface area (Å²) < 4.78 is 1.20. The lowest BCUT2D eigenvalue weighted by molar-refractivity contribution is -0.117. The van der Waals surface area contributed by atoms with E-state index in [1.54, 1.807) is 0 Å². The second kappa shape index (κ2) is 5.64. The predicted molar refractivity (Wildman–Crippen MR) is 66.4 cm³/mol. The van der Waals surface area contributed by atoms with Crippen LogP contribution in [0.25, 0.3) is 0 Å². The summed E-state index contributed by atoms with van der Waals surface area (Å²) in [6.07, 6.45) is 0. The number of thioether (sulfide) groups is 2. The van der Waals surface area contributed by atoms with Crippen molar-refractivity contribution in [2.24, 2.45) is 0 Å². The standard InChI is InChI=1S/2C3H3NOS2/c2*5-2-1-7-3(6)4-2/h2*1H2,(H,4,5,6). The molecule has 0 aromatic heterocycles. The fourth-order valence-corrected chi connectivity index (χ4v) is 2.26. The number of hydrogen-bond donors (Lipinski definition) is 2. The molecule has 2 rings (SSSR count). The van der Waals surface area contributed by atoms with Gasteiger partial charge in [0, 0.05) is 0 Å². The number of carbonyl (C=O) groups excluding carboxylic acids is 2. The molecule has 2 N–H and O–H groups in total. The van der Waals surface area contributed by atoms with Gasteiger partial charge in [0.2, 0.25) is 11.8 Å². The smallest absolute Gasteiger partial charge is 0.235 e. The molecule has 0 unspecified atom stereocenters. The average Bonchev–Trinajstić information content (AvgIpc) is 2.63. The Balaban J connectivity index is 0.000000140. The van der Waals surface area contributed by atoms with Crippen LogP contribution in [-0.4, -0.2) is 32.0 Å². The molecule has 2 fully saturated rings. The highest BCUT2D eigenvalue weighted by molar-refractivity contribution is 8.24. The van der Waals surface area contributed by atoms with E-state index in [-0.39, 0.29) is 11.8 Å². The van der Waals surface area contributed by atoms with Gasteiger partial charge in [0.05, 0.1) is 11.5 Å². The molecule has 76 valence electrons. The quantitative estimate of drug-likeness (QED) is 0.614. The van der Waals surface area contributed by atoms with Gasteiger partial charge in [-0.3, -0.25) is 9.59 Å². The van der Waals surface area contributed by atoms with Gasteiger partial charge in [0.1, 0.15) is 8.64 Å². The van der Waals surface area contributed by atoms with E-state index in [9.17, 15) is 9.59 Å². The van der Waals surface area contributed by atoms with E-state index in [0.717, 1.165) is 0 Å². The molecule has 2 saturated heterocycles. The first kappa shape index (κ1) is 11.9. The minimum absolute atomic E-state index is 0.0231. The Morgan fingerprint density at radius 2 is 1.29 bits per heavy atom. The highest BCUT2D eigenvalue weighted by atomic mass is 32.2. The van der Waals surface area contributed by atoms with Gasteiger partial charge >= 0.3 is 0 Å². The van der Waals surface area contributed by atoms with Gasteiger partial charge in [-0.1, -0.05) is 48.0 Å². The van der Waals surface area contributed by atoms with Crippen LogP contribution in [0.2, 0.25) is 0 Å². The van der Waals surface area contributed by atoms with Crippen LogP contribution in [0.1, 0.15) is 0 Å². The van der Waals surface area contributed by atoms with Crippen molar-refractivity contribution in [3.05, 3.63) is 0 Å². The first-order valence-electron chi connectivity index (χ1n) is 3.51. The fourth-order valence-electron chi connectivity index (χ4n) is 0.634. The second-order valence-electron chi connectivity index (χ2n) is 2.25. The molecule has 0 saturated carbocycles. The van der Waals surface area contributed by atoms with E-state index >= 15 is 0 Å². The topological polar surface area (TPSA) is 58.2 Å². The summed E-state index contributed by atoms with van der Waals surface area (Å²) in [5.74, 6) is 1.04. The summed E-state index contributed by atoms with van der Waals surface area (Å²) in [4.78, 5) is 20.5. The molecular formula is C6H6N2O2S4. The van der Waals surface area contributed by atoms with E-state index < -0.39 is 0 Å². The van der Waals surface area contributed by atoms with Crippen LogP contribution in [-0.2, 0) is 9.59 Å². The molecule has 0 aliphatic carbocycles. The molecule has 0 aromatic rings. The van der Waals surface area contributed by atoms with E-state index in [1.807, 2.05) is 0 Å². The van der Waals surface area contributed by atoms with E-state index in [0.29, 0.717) is 20.1 Å². The van der Waals surface area contributed by atoms with Crippen LogP contribution in [0.5, 0.6) is 0 Å². The fraction of sp³-hybridized carbons (Fsp3) is 0.333. The van der Waals surface area contributed by atoms with Crippen molar-refractivity contribution in [1.29, 1.82) is 0 Å². The maximum atomic E-state index is 10.2. The SMILES string of the molecule is O=C1CSC(=S)N1.O=C1CSC(=S)N1. The minimum Gasteiger partial charge on any atom is -0.311 e. The van der Waals surface area contributed by atoms with Crippen molar-refractivity contribution in [3.8, 4) is 0 Å². The monoisotopic (exact) mass is 266 g/mol. The summed E-state index contributed by atoms with van der Waals surface area (Å²) in [5.41, 5.74) is 0. The molecule has 0 bridgehead atoms. The molecule has 2 aliphatic heterocycles. The maximum absolute atomic E-state index is 10.2. The third kappa shape index (κ3) is 4.36. The predicted octanol–water partition coefficient (Wildman–Crippen LogP) is 0.269. The first-order valence-corrected chi connectivity index (χ1v) is 6.30. The molecule has 8 heteroatoms. The van der Waals surface area contributed by atoms with Crippen LogP contribution in [0.3, 0.4) is 0 Å². The van der Waals surface area contributed by atoms with Gasteiger partial charge in [-0.15, -0.1) is 0 Å². The zero-order valence-electron chi connectivity index (χ0n) is 6.86. The molecule has 4 nitrogen and oxygen atoms in total. The van der Waals surface area contributed by atoms with Crippen LogP contribution in [0, 0.1) is 0 Å². The van der Waals surface area contributed by atoms with Gasteiger partial charge in [-0.25, -0.2) is 0 Å². The average molecular weight is 266 g/mol. The van der Waals surface area contributed by atoms with Crippen molar-refractivity contribution in [3.63, 3.8) is 0 Å². The lowest BCUT2D eigenvalue weighted by atomic mass is 10.7. The zero-order chi connectivity index (χ0) is 10.6. The number of rotatable bonds is 0. The molecule has 2 heterocycles. The Bertz CT molecular complexity index is 246. The third-order valence-corrected chi connectivity index (χ3v) is 3.60. The van der Waals surface area contributed by atoms with Crippen molar-refractivity contribution in [2.45, 2.75) is 0 Å².